The third kappa shape index (κ3) is 5.78. The summed E-state index contributed by atoms with van der Waals surface area (Å²) in [5.41, 5.74) is 1.21. The largest absolute Gasteiger partial charge is 0.326 e. The van der Waals surface area contributed by atoms with E-state index in [-0.39, 0.29) is 23.3 Å². The lowest BCUT2D eigenvalue weighted by molar-refractivity contribution is -0.387. The van der Waals surface area contributed by atoms with Gasteiger partial charge in [0.2, 0.25) is 11.8 Å². The van der Waals surface area contributed by atoms with Crippen LogP contribution in [-0.4, -0.2) is 28.7 Å². The number of nitro groups is 1. The molecule has 26 heavy (non-hydrogen) atoms. The van der Waals surface area contributed by atoms with Crippen molar-refractivity contribution in [3.8, 4) is 0 Å². The average molecular weight is 391 g/mol. The molecule has 0 saturated heterocycles. The normalized spacial score (nSPS) is 10.2. The van der Waals surface area contributed by atoms with E-state index in [0.717, 1.165) is 16.7 Å². The number of hydrogen-bond donors (Lipinski definition) is 2. The highest BCUT2D eigenvalue weighted by Gasteiger charge is 2.16. The molecule has 0 aromatic heterocycles. The van der Waals surface area contributed by atoms with Gasteiger partial charge in [-0.05, 0) is 42.7 Å². The lowest BCUT2D eigenvalue weighted by Gasteiger charge is -2.07. The van der Waals surface area contributed by atoms with Gasteiger partial charge in [-0.1, -0.05) is 0 Å². The first kappa shape index (κ1) is 19.8. The van der Waals surface area contributed by atoms with Gasteiger partial charge in [0.1, 0.15) is 0 Å². The Kier molecular flexibility index (Phi) is 7.05. The van der Waals surface area contributed by atoms with Gasteiger partial charge in [0.25, 0.3) is 5.69 Å². The first-order valence-corrected chi connectivity index (χ1v) is 9.73. The molecule has 0 heterocycles. The Balaban J connectivity index is 1.96. The number of rotatable bonds is 7. The van der Waals surface area contributed by atoms with Crippen molar-refractivity contribution in [3.05, 3.63) is 52.6 Å². The van der Waals surface area contributed by atoms with E-state index in [2.05, 4.69) is 10.6 Å². The van der Waals surface area contributed by atoms with Crippen LogP contribution in [0, 0.1) is 10.1 Å². The predicted molar refractivity (Wildman–Crippen MR) is 105 cm³/mol. The van der Waals surface area contributed by atoms with E-state index < -0.39 is 4.92 Å². The summed E-state index contributed by atoms with van der Waals surface area (Å²) < 4.78 is 0. The van der Waals surface area contributed by atoms with E-state index in [0.29, 0.717) is 16.3 Å². The standard InChI is InChI=1S/C17H17N3O4S2/c1-11(21)18-12-3-5-13(6-4-12)19-17(22)10-26-16-8-7-14(25-2)9-15(16)20(23)24/h3-9H,10H2,1-2H3,(H,18,21)(H,19,22). The van der Waals surface area contributed by atoms with Crippen LogP contribution in [0.2, 0.25) is 0 Å². The minimum atomic E-state index is -0.444. The molecule has 0 unspecified atom stereocenters. The number of carbonyl (C=O) groups excluding carboxylic acids is 2. The second kappa shape index (κ2) is 9.25. The molecule has 0 bridgehead atoms. The van der Waals surface area contributed by atoms with Crippen molar-refractivity contribution < 1.29 is 14.5 Å². The number of carbonyl (C=O) groups is 2. The Labute approximate surface area is 159 Å². The highest BCUT2D eigenvalue weighted by atomic mass is 32.2. The van der Waals surface area contributed by atoms with Crippen molar-refractivity contribution in [1.29, 1.82) is 0 Å². The van der Waals surface area contributed by atoms with Gasteiger partial charge in [-0.25, -0.2) is 0 Å². The predicted octanol–water partition coefficient (Wildman–Crippen LogP) is 4.01. The zero-order valence-electron chi connectivity index (χ0n) is 14.1. The van der Waals surface area contributed by atoms with Crippen molar-refractivity contribution >= 4 is 52.4 Å². The van der Waals surface area contributed by atoms with Crippen LogP contribution in [-0.2, 0) is 9.59 Å². The number of thioether (sulfide) groups is 2. The smallest absolute Gasteiger partial charge is 0.284 e. The summed E-state index contributed by atoms with van der Waals surface area (Å²) in [4.78, 5) is 35.0. The van der Waals surface area contributed by atoms with E-state index >= 15 is 0 Å². The van der Waals surface area contributed by atoms with Crippen LogP contribution in [0.5, 0.6) is 0 Å². The fourth-order valence-corrected chi connectivity index (χ4v) is 3.31. The number of amides is 2. The lowest BCUT2D eigenvalue weighted by Crippen LogP contribution is -2.14. The molecule has 2 amide bonds. The Morgan fingerprint density at radius 1 is 1.08 bits per heavy atom. The topological polar surface area (TPSA) is 101 Å². The average Bonchev–Trinajstić information content (AvgIpc) is 2.61. The third-order valence-corrected chi connectivity index (χ3v) is 5.00. The van der Waals surface area contributed by atoms with Gasteiger partial charge in [0, 0.05) is 29.3 Å². The molecule has 2 aromatic rings. The number of hydrogen-bond acceptors (Lipinski definition) is 6. The van der Waals surface area contributed by atoms with Crippen LogP contribution in [0.1, 0.15) is 6.92 Å². The molecule has 0 spiro atoms. The number of benzene rings is 2. The summed E-state index contributed by atoms with van der Waals surface area (Å²) in [5.74, 6) is -0.398. The van der Waals surface area contributed by atoms with Crippen LogP contribution in [0.15, 0.2) is 52.3 Å². The molecule has 9 heteroatoms. The van der Waals surface area contributed by atoms with Crippen LogP contribution in [0.25, 0.3) is 0 Å². The highest BCUT2D eigenvalue weighted by molar-refractivity contribution is 8.00. The van der Waals surface area contributed by atoms with Crippen LogP contribution >= 0.6 is 23.5 Å². The zero-order valence-corrected chi connectivity index (χ0v) is 15.8. The summed E-state index contributed by atoms with van der Waals surface area (Å²) in [6, 6.07) is 11.6. The molecule has 2 aromatic carbocycles. The van der Waals surface area contributed by atoms with Crippen molar-refractivity contribution in [2.45, 2.75) is 16.7 Å². The Hall–Kier alpha value is -2.52. The Morgan fingerprint density at radius 2 is 1.69 bits per heavy atom. The number of nitrogens with zero attached hydrogens (tertiary/aromatic N) is 1. The monoisotopic (exact) mass is 391 g/mol. The molecular formula is C17H17N3O4S2. The molecule has 2 N–H and O–H groups in total. The van der Waals surface area contributed by atoms with Gasteiger partial charge in [0.15, 0.2) is 0 Å². The summed E-state index contributed by atoms with van der Waals surface area (Å²) in [5, 5.41) is 16.5. The molecule has 0 fully saturated rings. The van der Waals surface area contributed by atoms with Gasteiger partial charge < -0.3 is 10.6 Å². The molecule has 0 atom stereocenters. The lowest BCUT2D eigenvalue weighted by atomic mass is 10.3. The van der Waals surface area contributed by atoms with E-state index in [4.69, 9.17) is 0 Å². The van der Waals surface area contributed by atoms with Gasteiger partial charge in [-0.15, -0.1) is 23.5 Å². The van der Waals surface area contributed by atoms with Gasteiger partial charge >= 0.3 is 0 Å². The fraction of sp³-hybridized carbons (Fsp3) is 0.176. The van der Waals surface area contributed by atoms with E-state index in [1.165, 1.54) is 24.8 Å². The third-order valence-electron chi connectivity index (χ3n) is 3.21. The van der Waals surface area contributed by atoms with Crippen LogP contribution in [0.4, 0.5) is 17.1 Å². The molecular weight excluding hydrogens is 374 g/mol. The van der Waals surface area contributed by atoms with Crippen LogP contribution in [0.3, 0.4) is 0 Å². The van der Waals surface area contributed by atoms with Crippen molar-refractivity contribution in [3.63, 3.8) is 0 Å². The minimum Gasteiger partial charge on any atom is -0.326 e. The second-order valence-electron chi connectivity index (χ2n) is 5.19. The maximum atomic E-state index is 12.1. The maximum absolute atomic E-state index is 12.1. The van der Waals surface area contributed by atoms with Crippen molar-refractivity contribution in [2.75, 3.05) is 22.6 Å². The SMILES string of the molecule is CSc1ccc(SCC(=O)Nc2ccc(NC(C)=O)cc2)c([N+](=O)[O-])c1. The zero-order chi connectivity index (χ0) is 19.1. The Morgan fingerprint density at radius 3 is 2.23 bits per heavy atom. The number of nitro benzene ring substituents is 1. The van der Waals surface area contributed by atoms with Crippen LogP contribution < -0.4 is 10.6 Å². The van der Waals surface area contributed by atoms with Gasteiger partial charge in [0.05, 0.1) is 15.6 Å². The van der Waals surface area contributed by atoms with Crippen molar-refractivity contribution in [2.24, 2.45) is 0 Å². The first-order chi connectivity index (χ1) is 12.4. The van der Waals surface area contributed by atoms with E-state index in [1.54, 1.807) is 36.4 Å². The maximum Gasteiger partial charge on any atom is 0.284 e. The summed E-state index contributed by atoms with van der Waals surface area (Å²) in [7, 11) is 0. The van der Waals surface area contributed by atoms with E-state index in [9.17, 15) is 19.7 Å². The molecule has 0 aliphatic rings. The van der Waals surface area contributed by atoms with E-state index in [1.807, 2.05) is 6.26 Å². The quantitative estimate of drug-likeness (QED) is 0.420. The first-order valence-electron chi connectivity index (χ1n) is 7.52. The fourth-order valence-electron chi connectivity index (χ4n) is 2.07. The highest BCUT2D eigenvalue weighted by Crippen LogP contribution is 2.32. The van der Waals surface area contributed by atoms with Crippen molar-refractivity contribution in [1.82, 2.24) is 0 Å². The molecule has 0 radical (unpaired) electrons. The molecule has 0 aliphatic carbocycles. The summed E-state index contributed by atoms with van der Waals surface area (Å²) in [6.45, 7) is 1.41. The van der Waals surface area contributed by atoms with Gasteiger partial charge in [-0.2, -0.15) is 0 Å². The minimum absolute atomic E-state index is 0.00527. The van der Waals surface area contributed by atoms with Gasteiger partial charge in [-0.3, -0.25) is 19.7 Å². The second-order valence-corrected chi connectivity index (χ2v) is 7.08. The summed E-state index contributed by atoms with van der Waals surface area (Å²) in [6.07, 6.45) is 1.84. The Bertz CT molecular complexity index is 825. The number of nitrogens with one attached hydrogen (secondary N) is 2. The number of anilines is 2. The molecule has 0 saturated carbocycles. The summed E-state index contributed by atoms with van der Waals surface area (Å²) >= 11 is 2.53. The molecule has 0 aliphatic heterocycles. The molecule has 136 valence electrons. The molecule has 2 rings (SSSR count). The molecule has 7 nitrogen and oxygen atoms in total.